The van der Waals surface area contributed by atoms with Gasteiger partial charge >= 0.3 is 0 Å². The molecular formula is C24H21N3O4. The van der Waals surface area contributed by atoms with Gasteiger partial charge < -0.3 is 9.73 Å². The number of hydrogen-bond donors (Lipinski definition) is 1. The lowest BCUT2D eigenvalue weighted by Gasteiger charge is -2.10. The standard InChI is InChI=1S/C24H21N3O4/c1-14-11-15(2)19(16(3)12-14)13-17-6-9-22(31-17)24(28)26-23-18-5-4-10-25-20(18)7-8-21(23)27(29)30/h4-12H,13H2,1-3H3,(H,26,28). The molecule has 0 atom stereocenters. The Labute approximate surface area is 178 Å². The van der Waals surface area contributed by atoms with Crippen LogP contribution in [0, 0.1) is 30.9 Å². The summed E-state index contributed by atoms with van der Waals surface area (Å²) in [5.41, 5.74) is 5.13. The number of nitrogens with one attached hydrogen (secondary N) is 1. The fourth-order valence-corrected chi connectivity index (χ4v) is 3.86. The number of benzene rings is 2. The number of aromatic nitrogens is 1. The summed E-state index contributed by atoms with van der Waals surface area (Å²) in [6, 6.07) is 13.8. The van der Waals surface area contributed by atoms with Crippen molar-refractivity contribution in [1.82, 2.24) is 4.98 Å². The van der Waals surface area contributed by atoms with Crippen LogP contribution >= 0.6 is 0 Å². The summed E-state index contributed by atoms with van der Waals surface area (Å²) in [5.74, 6) is 0.185. The number of pyridine rings is 1. The molecule has 2 aromatic carbocycles. The molecule has 156 valence electrons. The molecule has 0 aliphatic carbocycles. The van der Waals surface area contributed by atoms with Gasteiger partial charge in [-0.3, -0.25) is 19.9 Å². The van der Waals surface area contributed by atoms with Crippen LogP contribution < -0.4 is 5.32 Å². The molecular weight excluding hydrogens is 394 g/mol. The van der Waals surface area contributed by atoms with Crippen LogP contribution in [0.15, 0.2) is 59.1 Å². The molecule has 0 unspecified atom stereocenters. The van der Waals surface area contributed by atoms with Gasteiger partial charge in [-0.1, -0.05) is 17.7 Å². The van der Waals surface area contributed by atoms with Gasteiger partial charge in [0.1, 0.15) is 11.4 Å². The molecule has 0 saturated heterocycles. The fraction of sp³-hybridized carbons (Fsp3) is 0.167. The lowest BCUT2D eigenvalue weighted by molar-refractivity contribution is -0.383. The van der Waals surface area contributed by atoms with Gasteiger partial charge in [0.05, 0.1) is 10.4 Å². The molecule has 7 heteroatoms. The number of hydrogen-bond acceptors (Lipinski definition) is 5. The Morgan fingerprint density at radius 3 is 2.55 bits per heavy atom. The first kappa shape index (κ1) is 20.3. The van der Waals surface area contributed by atoms with Crippen LogP contribution in [0.1, 0.15) is 38.6 Å². The smallest absolute Gasteiger partial charge is 0.293 e. The normalized spacial score (nSPS) is 10.9. The molecule has 1 N–H and O–H groups in total. The van der Waals surface area contributed by atoms with Gasteiger partial charge in [-0.2, -0.15) is 0 Å². The van der Waals surface area contributed by atoms with Crippen molar-refractivity contribution < 1.29 is 14.1 Å². The van der Waals surface area contributed by atoms with E-state index in [4.69, 9.17) is 4.42 Å². The zero-order valence-electron chi connectivity index (χ0n) is 17.4. The lowest BCUT2D eigenvalue weighted by Crippen LogP contribution is -2.13. The van der Waals surface area contributed by atoms with E-state index in [1.54, 1.807) is 36.5 Å². The molecule has 4 aromatic rings. The first-order valence-electron chi connectivity index (χ1n) is 9.82. The SMILES string of the molecule is Cc1cc(C)c(Cc2ccc(C(=O)Nc3c([N+](=O)[O-])ccc4ncccc34)o2)c(C)c1. The summed E-state index contributed by atoms with van der Waals surface area (Å²) in [6.07, 6.45) is 2.15. The van der Waals surface area contributed by atoms with E-state index < -0.39 is 10.8 Å². The molecule has 0 aliphatic heterocycles. The van der Waals surface area contributed by atoms with Gasteiger partial charge in [-0.05, 0) is 67.8 Å². The van der Waals surface area contributed by atoms with E-state index in [-0.39, 0.29) is 17.1 Å². The maximum Gasteiger partial charge on any atom is 0.293 e. The fourth-order valence-electron chi connectivity index (χ4n) is 3.86. The highest BCUT2D eigenvalue weighted by Gasteiger charge is 2.22. The van der Waals surface area contributed by atoms with Gasteiger partial charge in [-0.15, -0.1) is 0 Å². The van der Waals surface area contributed by atoms with Gasteiger partial charge in [0.25, 0.3) is 11.6 Å². The van der Waals surface area contributed by atoms with E-state index in [2.05, 4.69) is 43.2 Å². The number of carbonyl (C=O) groups is 1. The van der Waals surface area contributed by atoms with Crippen molar-refractivity contribution in [1.29, 1.82) is 0 Å². The Bertz CT molecular complexity index is 1300. The molecule has 4 rings (SSSR count). The minimum Gasteiger partial charge on any atom is -0.456 e. The summed E-state index contributed by atoms with van der Waals surface area (Å²) in [7, 11) is 0. The van der Waals surface area contributed by atoms with Crippen molar-refractivity contribution in [3.05, 3.63) is 98.6 Å². The van der Waals surface area contributed by atoms with Gasteiger partial charge in [0.2, 0.25) is 0 Å². The molecule has 0 fully saturated rings. The van der Waals surface area contributed by atoms with Crippen LogP contribution in [0.25, 0.3) is 10.9 Å². The van der Waals surface area contributed by atoms with Gasteiger partial charge in [0.15, 0.2) is 5.76 Å². The molecule has 2 aromatic heterocycles. The van der Waals surface area contributed by atoms with Crippen molar-refractivity contribution in [3.8, 4) is 0 Å². The van der Waals surface area contributed by atoms with Gasteiger partial charge in [-0.25, -0.2) is 0 Å². The minimum atomic E-state index is -0.553. The molecule has 1 amide bonds. The number of anilines is 1. The number of carbonyl (C=O) groups excluding carboxylic acids is 1. The number of nitrogens with zero attached hydrogens (tertiary/aromatic N) is 2. The summed E-state index contributed by atoms with van der Waals surface area (Å²) in [6.45, 7) is 6.17. The topological polar surface area (TPSA) is 98.3 Å². The molecule has 7 nitrogen and oxygen atoms in total. The average Bonchev–Trinajstić information content (AvgIpc) is 3.19. The third-order valence-corrected chi connectivity index (χ3v) is 5.28. The van der Waals surface area contributed by atoms with Crippen molar-refractivity contribution in [2.45, 2.75) is 27.2 Å². The quantitative estimate of drug-likeness (QED) is 0.343. The average molecular weight is 415 g/mol. The summed E-state index contributed by atoms with van der Waals surface area (Å²) in [4.78, 5) is 28.0. The predicted molar refractivity (Wildman–Crippen MR) is 119 cm³/mol. The van der Waals surface area contributed by atoms with E-state index in [0.29, 0.717) is 23.1 Å². The molecule has 0 bridgehead atoms. The number of rotatable bonds is 5. The second-order valence-corrected chi connectivity index (χ2v) is 7.56. The predicted octanol–water partition coefficient (Wildman–Crippen LogP) is 5.50. The highest BCUT2D eigenvalue weighted by Crippen LogP contribution is 2.32. The van der Waals surface area contributed by atoms with E-state index >= 15 is 0 Å². The van der Waals surface area contributed by atoms with Crippen LogP contribution in [0.3, 0.4) is 0 Å². The van der Waals surface area contributed by atoms with E-state index in [0.717, 1.165) is 5.56 Å². The largest absolute Gasteiger partial charge is 0.456 e. The molecule has 31 heavy (non-hydrogen) atoms. The third-order valence-electron chi connectivity index (χ3n) is 5.28. The van der Waals surface area contributed by atoms with Crippen LogP contribution in [0.5, 0.6) is 0 Å². The molecule has 0 saturated carbocycles. The number of fused-ring (bicyclic) bond motifs is 1. The van der Waals surface area contributed by atoms with Crippen LogP contribution in [-0.4, -0.2) is 15.8 Å². The number of nitro benzene ring substituents is 1. The molecule has 0 radical (unpaired) electrons. The van der Waals surface area contributed by atoms with Crippen molar-refractivity contribution in [2.24, 2.45) is 0 Å². The van der Waals surface area contributed by atoms with Crippen molar-refractivity contribution in [2.75, 3.05) is 5.32 Å². The maximum absolute atomic E-state index is 12.8. The number of furan rings is 1. The first-order chi connectivity index (χ1) is 14.8. The number of aryl methyl sites for hydroxylation is 3. The highest BCUT2D eigenvalue weighted by molar-refractivity contribution is 6.09. The van der Waals surface area contributed by atoms with Crippen molar-refractivity contribution in [3.63, 3.8) is 0 Å². The molecule has 0 aliphatic rings. The first-order valence-corrected chi connectivity index (χ1v) is 9.82. The minimum absolute atomic E-state index is 0.0904. The molecule has 2 heterocycles. The Morgan fingerprint density at radius 2 is 1.84 bits per heavy atom. The third kappa shape index (κ3) is 4.02. The molecule has 0 spiro atoms. The van der Waals surface area contributed by atoms with Crippen LogP contribution in [-0.2, 0) is 6.42 Å². The number of amides is 1. The second kappa shape index (κ2) is 8.02. The lowest BCUT2D eigenvalue weighted by atomic mass is 9.97. The Balaban J connectivity index is 1.62. The van der Waals surface area contributed by atoms with Crippen molar-refractivity contribution >= 4 is 28.2 Å². The zero-order valence-corrected chi connectivity index (χ0v) is 17.4. The van der Waals surface area contributed by atoms with Crippen LogP contribution in [0.2, 0.25) is 0 Å². The van der Waals surface area contributed by atoms with E-state index in [1.807, 2.05) is 0 Å². The maximum atomic E-state index is 12.8. The summed E-state index contributed by atoms with van der Waals surface area (Å²) >= 11 is 0. The number of nitro groups is 1. The Hall–Kier alpha value is -4.00. The summed E-state index contributed by atoms with van der Waals surface area (Å²) in [5, 5.41) is 14.6. The highest BCUT2D eigenvalue weighted by atomic mass is 16.6. The monoisotopic (exact) mass is 415 g/mol. The van der Waals surface area contributed by atoms with E-state index in [1.165, 1.54) is 22.8 Å². The second-order valence-electron chi connectivity index (χ2n) is 7.56. The van der Waals surface area contributed by atoms with Gasteiger partial charge in [0, 0.05) is 24.1 Å². The Kier molecular flexibility index (Phi) is 5.25. The Morgan fingerprint density at radius 1 is 1.10 bits per heavy atom. The summed E-state index contributed by atoms with van der Waals surface area (Å²) < 4.78 is 5.78. The van der Waals surface area contributed by atoms with Crippen LogP contribution in [0.4, 0.5) is 11.4 Å². The zero-order chi connectivity index (χ0) is 22.1. The van der Waals surface area contributed by atoms with E-state index in [9.17, 15) is 14.9 Å².